The fourth-order valence-electron chi connectivity index (χ4n) is 1.26. The molecule has 0 heterocycles. The highest BCUT2D eigenvalue weighted by Gasteiger charge is 2.13. The van der Waals surface area contributed by atoms with Gasteiger partial charge < -0.3 is 16.2 Å². The van der Waals surface area contributed by atoms with Crippen molar-refractivity contribution < 1.29 is 9.90 Å². The summed E-state index contributed by atoms with van der Waals surface area (Å²) < 4.78 is 0. The number of aromatic hydroxyl groups is 1. The zero-order chi connectivity index (χ0) is 11.3. The minimum Gasteiger partial charge on any atom is -0.507 e. The zero-order valence-corrected chi connectivity index (χ0v) is 8.73. The van der Waals surface area contributed by atoms with Gasteiger partial charge in [-0.1, -0.05) is 19.1 Å². The van der Waals surface area contributed by atoms with Gasteiger partial charge >= 0.3 is 0 Å². The molecule has 4 heteroatoms. The number of carbonyl (C=O) groups excluding carboxylic acids is 1. The first-order valence-corrected chi connectivity index (χ1v) is 4.98. The maximum Gasteiger partial charge on any atom is 0.255 e. The van der Waals surface area contributed by atoms with Crippen LogP contribution in [0.15, 0.2) is 24.3 Å². The third-order valence-electron chi connectivity index (χ3n) is 2.26. The molecule has 82 valence electrons. The lowest BCUT2D eigenvalue weighted by molar-refractivity contribution is 0.0934. The number of benzene rings is 1. The summed E-state index contributed by atoms with van der Waals surface area (Å²) in [6.45, 7) is 2.35. The molecule has 1 amide bonds. The second-order valence-corrected chi connectivity index (χ2v) is 3.33. The standard InChI is InChI=1S/C11H16N2O2/c1-2-8(7-12)13-11(15)9-5-3-4-6-10(9)14/h3-6,8,14H,2,7,12H2,1H3,(H,13,15). The van der Waals surface area contributed by atoms with Gasteiger partial charge in [0.25, 0.3) is 5.91 Å². The number of nitrogens with two attached hydrogens (primary N) is 1. The van der Waals surface area contributed by atoms with Crippen LogP contribution in [0.4, 0.5) is 0 Å². The van der Waals surface area contributed by atoms with Gasteiger partial charge in [-0.2, -0.15) is 0 Å². The molecule has 4 N–H and O–H groups in total. The Morgan fingerprint density at radius 2 is 2.20 bits per heavy atom. The summed E-state index contributed by atoms with van der Waals surface area (Å²) in [5.41, 5.74) is 5.75. The Labute approximate surface area is 89.1 Å². The SMILES string of the molecule is CCC(CN)NC(=O)c1ccccc1O. The van der Waals surface area contributed by atoms with Gasteiger partial charge in [-0.3, -0.25) is 4.79 Å². The highest BCUT2D eigenvalue weighted by Crippen LogP contribution is 2.15. The molecule has 0 spiro atoms. The number of rotatable bonds is 4. The number of nitrogens with one attached hydrogen (secondary N) is 1. The largest absolute Gasteiger partial charge is 0.507 e. The molecule has 0 aliphatic carbocycles. The topological polar surface area (TPSA) is 75.3 Å². The zero-order valence-electron chi connectivity index (χ0n) is 8.73. The van der Waals surface area contributed by atoms with Crippen molar-refractivity contribution in [3.63, 3.8) is 0 Å². The minimum absolute atomic E-state index is 0.0122. The van der Waals surface area contributed by atoms with Gasteiger partial charge in [0.15, 0.2) is 0 Å². The number of phenols is 1. The van der Waals surface area contributed by atoms with Crippen molar-refractivity contribution in [1.82, 2.24) is 5.32 Å². The van der Waals surface area contributed by atoms with Gasteiger partial charge in [0.05, 0.1) is 5.56 Å². The monoisotopic (exact) mass is 208 g/mol. The summed E-state index contributed by atoms with van der Waals surface area (Å²) in [5, 5.41) is 12.2. The summed E-state index contributed by atoms with van der Waals surface area (Å²) in [6.07, 6.45) is 0.774. The predicted octanol–water partition coefficient (Wildman–Crippen LogP) is 0.859. The normalized spacial score (nSPS) is 12.1. The first-order valence-electron chi connectivity index (χ1n) is 4.98. The van der Waals surface area contributed by atoms with Crippen LogP contribution in [0.3, 0.4) is 0 Å². The summed E-state index contributed by atoms with van der Waals surface area (Å²) in [7, 11) is 0. The fourth-order valence-corrected chi connectivity index (χ4v) is 1.26. The van der Waals surface area contributed by atoms with Gasteiger partial charge in [0.2, 0.25) is 0 Å². The Morgan fingerprint density at radius 1 is 1.53 bits per heavy atom. The molecule has 4 nitrogen and oxygen atoms in total. The molecule has 1 unspecified atom stereocenters. The molecule has 15 heavy (non-hydrogen) atoms. The molecule has 1 atom stereocenters. The Morgan fingerprint density at radius 3 is 2.73 bits per heavy atom. The number of carbonyl (C=O) groups is 1. The van der Waals surface area contributed by atoms with Crippen LogP contribution in [-0.2, 0) is 0 Å². The Bertz CT molecular complexity index is 335. The minimum atomic E-state index is -0.287. The number of phenolic OH excluding ortho intramolecular Hbond substituents is 1. The van der Waals surface area contributed by atoms with Crippen LogP contribution in [0.25, 0.3) is 0 Å². The molecule has 1 aromatic rings. The van der Waals surface area contributed by atoms with E-state index in [2.05, 4.69) is 5.32 Å². The van der Waals surface area contributed by atoms with E-state index >= 15 is 0 Å². The van der Waals surface area contributed by atoms with Crippen molar-refractivity contribution in [2.75, 3.05) is 6.54 Å². The highest BCUT2D eigenvalue weighted by atomic mass is 16.3. The summed E-state index contributed by atoms with van der Waals surface area (Å²) >= 11 is 0. The number of amides is 1. The molecule has 1 aromatic carbocycles. The Hall–Kier alpha value is -1.55. The molecule has 1 rings (SSSR count). The van der Waals surface area contributed by atoms with E-state index in [1.165, 1.54) is 6.07 Å². The first kappa shape index (κ1) is 11.5. The summed E-state index contributed by atoms with van der Waals surface area (Å²) in [4.78, 5) is 11.7. The van der Waals surface area contributed by atoms with E-state index in [-0.39, 0.29) is 23.3 Å². The van der Waals surface area contributed by atoms with Gasteiger partial charge in [0.1, 0.15) is 5.75 Å². The number of para-hydroxylation sites is 1. The molecule has 0 aliphatic rings. The summed E-state index contributed by atoms with van der Waals surface area (Å²) in [6, 6.07) is 6.40. The number of hydrogen-bond donors (Lipinski definition) is 3. The molecule has 0 bridgehead atoms. The second kappa shape index (κ2) is 5.36. The van der Waals surface area contributed by atoms with E-state index in [0.29, 0.717) is 6.54 Å². The van der Waals surface area contributed by atoms with E-state index in [1.807, 2.05) is 6.92 Å². The van der Waals surface area contributed by atoms with Crippen molar-refractivity contribution >= 4 is 5.91 Å². The lowest BCUT2D eigenvalue weighted by Crippen LogP contribution is -2.39. The quantitative estimate of drug-likeness (QED) is 0.687. The molecule has 0 aromatic heterocycles. The van der Waals surface area contributed by atoms with Crippen molar-refractivity contribution in [2.45, 2.75) is 19.4 Å². The van der Waals surface area contributed by atoms with Crippen LogP contribution >= 0.6 is 0 Å². The van der Waals surface area contributed by atoms with Crippen molar-refractivity contribution in [3.8, 4) is 5.75 Å². The van der Waals surface area contributed by atoms with E-state index in [4.69, 9.17) is 5.73 Å². The average molecular weight is 208 g/mol. The van der Waals surface area contributed by atoms with Gasteiger partial charge in [0, 0.05) is 12.6 Å². The van der Waals surface area contributed by atoms with E-state index in [0.717, 1.165) is 6.42 Å². The van der Waals surface area contributed by atoms with Crippen LogP contribution in [0.1, 0.15) is 23.7 Å². The van der Waals surface area contributed by atoms with Crippen LogP contribution in [0.5, 0.6) is 5.75 Å². The van der Waals surface area contributed by atoms with E-state index in [9.17, 15) is 9.90 Å². The van der Waals surface area contributed by atoms with Crippen molar-refractivity contribution in [2.24, 2.45) is 5.73 Å². The molecule has 0 aliphatic heterocycles. The maximum atomic E-state index is 11.7. The number of hydrogen-bond acceptors (Lipinski definition) is 3. The maximum absolute atomic E-state index is 11.7. The lowest BCUT2D eigenvalue weighted by atomic mass is 10.1. The molecule has 0 fully saturated rings. The molecular formula is C11H16N2O2. The Balaban J connectivity index is 2.73. The Kier molecular flexibility index (Phi) is 4.12. The second-order valence-electron chi connectivity index (χ2n) is 3.33. The van der Waals surface area contributed by atoms with Gasteiger partial charge in [-0.25, -0.2) is 0 Å². The van der Waals surface area contributed by atoms with Crippen molar-refractivity contribution in [3.05, 3.63) is 29.8 Å². The smallest absolute Gasteiger partial charge is 0.255 e. The third kappa shape index (κ3) is 2.95. The van der Waals surface area contributed by atoms with Gasteiger partial charge in [-0.05, 0) is 18.6 Å². The molecular weight excluding hydrogens is 192 g/mol. The predicted molar refractivity (Wildman–Crippen MR) is 58.7 cm³/mol. The highest BCUT2D eigenvalue weighted by molar-refractivity contribution is 5.96. The van der Waals surface area contributed by atoms with Crippen LogP contribution < -0.4 is 11.1 Å². The van der Waals surface area contributed by atoms with E-state index < -0.39 is 0 Å². The first-order chi connectivity index (χ1) is 7.19. The molecule has 0 saturated carbocycles. The van der Waals surface area contributed by atoms with Crippen molar-refractivity contribution in [1.29, 1.82) is 0 Å². The average Bonchev–Trinajstić information content (AvgIpc) is 2.26. The lowest BCUT2D eigenvalue weighted by Gasteiger charge is -2.14. The molecule has 0 radical (unpaired) electrons. The fraction of sp³-hybridized carbons (Fsp3) is 0.364. The van der Waals surface area contributed by atoms with Crippen LogP contribution in [0.2, 0.25) is 0 Å². The summed E-state index contributed by atoms with van der Waals surface area (Å²) in [5.74, 6) is -0.299. The van der Waals surface area contributed by atoms with Gasteiger partial charge in [-0.15, -0.1) is 0 Å². The van der Waals surface area contributed by atoms with Crippen LogP contribution in [-0.4, -0.2) is 23.6 Å². The molecule has 0 saturated heterocycles. The van der Waals surface area contributed by atoms with Crippen LogP contribution in [0, 0.1) is 0 Å². The third-order valence-corrected chi connectivity index (χ3v) is 2.26. The van der Waals surface area contributed by atoms with E-state index in [1.54, 1.807) is 18.2 Å².